The summed E-state index contributed by atoms with van der Waals surface area (Å²) in [5.74, 6) is -0.356. The molecule has 0 bridgehead atoms. The van der Waals surface area contributed by atoms with E-state index >= 15 is 0 Å². The van der Waals surface area contributed by atoms with E-state index in [-0.39, 0.29) is 5.91 Å². The Bertz CT molecular complexity index is 429. The molecule has 0 saturated heterocycles. The molecule has 1 aliphatic carbocycles. The Morgan fingerprint density at radius 3 is 2.79 bits per heavy atom. The molecule has 0 heterocycles. The molecule has 0 unspecified atom stereocenters. The molecule has 1 aromatic rings. The highest BCUT2D eigenvalue weighted by atomic mass is 16.1. The maximum absolute atomic E-state index is 11.3. The first-order chi connectivity index (χ1) is 9.22. The Balaban J connectivity index is 1.77. The lowest BCUT2D eigenvalue weighted by molar-refractivity contribution is 0.0999. The number of hydrogen-bond donors (Lipinski definition) is 2. The average Bonchev–Trinajstić information content (AvgIpc) is 3.23. The molecule has 1 aliphatic rings. The van der Waals surface area contributed by atoms with E-state index in [1.165, 1.54) is 12.8 Å². The first-order valence-corrected chi connectivity index (χ1v) is 7.05. The van der Waals surface area contributed by atoms with Crippen LogP contribution in [-0.2, 0) is 6.54 Å². The minimum atomic E-state index is -0.356. The Morgan fingerprint density at radius 2 is 2.16 bits per heavy atom. The van der Waals surface area contributed by atoms with Crippen molar-refractivity contribution in [1.29, 1.82) is 0 Å². The van der Waals surface area contributed by atoms with E-state index in [0.29, 0.717) is 12.1 Å². The van der Waals surface area contributed by atoms with Gasteiger partial charge in [0.25, 0.3) is 0 Å². The highest BCUT2D eigenvalue weighted by Crippen LogP contribution is 2.25. The number of primary amides is 1. The van der Waals surface area contributed by atoms with Gasteiger partial charge in [-0.15, -0.1) is 0 Å². The van der Waals surface area contributed by atoms with Gasteiger partial charge in [0.05, 0.1) is 0 Å². The lowest BCUT2D eigenvalue weighted by Crippen LogP contribution is -2.33. The summed E-state index contributed by atoms with van der Waals surface area (Å²) in [7, 11) is 0. The topological polar surface area (TPSA) is 58.4 Å². The van der Waals surface area contributed by atoms with Crippen LogP contribution in [0.3, 0.4) is 0 Å². The summed E-state index contributed by atoms with van der Waals surface area (Å²) in [6.45, 7) is 6.03. The molecule has 2 rings (SSSR count). The van der Waals surface area contributed by atoms with Gasteiger partial charge >= 0.3 is 0 Å². The van der Waals surface area contributed by atoms with E-state index in [2.05, 4.69) is 17.1 Å². The second-order valence-electron chi connectivity index (χ2n) is 5.06. The van der Waals surface area contributed by atoms with Crippen LogP contribution in [0.4, 0.5) is 0 Å². The molecule has 4 heteroatoms. The molecule has 0 aromatic heterocycles. The van der Waals surface area contributed by atoms with Gasteiger partial charge in [-0.1, -0.05) is 25.1 Å². The Morgan fingerprint density at radius 1 is 1.42 bits per heavy atom. The fraction of sp³-hybridized carbons (Fsp3) is 0.533. The summed E-state index contributed by atoms with van der Waals surface area (Å²) in [4.78, 5) is 13.8. The van der Waals surface area contributed by atoms with Crippen LogP contribution in [0, 0.1) is 0 Å². The van der Waals surface area contributed by atoms with Crippen molar-refractivity contribution in [3.05, 3.63) is 35.4 Å². The molecule has 0 aliphatic heterocycles. The predicted octanol–water partition coefficient (Wildman–Crippen LogP) is 1.36. The normalized spacial score (nSPS) is 14.8. The zero-order valence-electron chi connectivity index (χ0n) is 11.6. The number of nitrogens with one attached hydrogen (secondary N) is 1. The molecule has 1 amide bonds. The number of hydrogen-bond acceptors (Lipinski definition) is 3. The molecule has 0 radical (unpaired) electrons. The van der Waals surface area contributed by atoms with Gasteiger partial charge in [0.1, 0.15) is 0 Å². The van der Waals surface area contributed by atoms with Crippen molar-refractivity contribution >= 4 is 5.91 Å². The van der Waals surface area contributed by atoms with Gasteiger partial charge in [-0.05, 0) is 31.0 Å². The van der Waals surface area contributed by atoms with Gasteiger partial charge in [0.15, 0.2) is 0 Å². The third kappa shape index (κ3) is 4.04. The maximum atomic E-state index is 11.3. The number of benzene rings is 1. The summed E-state index contributed by atoms with van der Waals surface area (Å²) >= 11 is 0. The van der Waals surface area contributed by atoms with Crippen LogP contribution < -0.4 is 11.1 Å². The Labute approximate surface area is 115 Å². The van der Waals surface area contributed by atoms with Gasteiger partial charge in [0, 0.05) is 31.2 Å². The smallest absolute Gasteiger partial charge is 0.249 e. The van der Waals surface area contributed by atoms with Crippen LogP contribution in [0.25, 0.3) is 0 Å². The monoisotopic (exact) mass is 261 g/mol. The van der Waals surface area contributed by atoms with Crippen molar-refractivity contribution in [3.8, 4) is 0 Å². The third-order valence-corrected chi connectivity index (χ3v) is 3.64. The number of amides is 1. The van der Waals surface area contributed by atoms with Gasteiger partial charge in [-0.25, -0.2) is 0 Å². The van der Waals surface area contributed by atoms with Crippen molar-refractivity contribution in [1.82, 2.24) is 10.2 Å². The van der Waals surface area contributed by atoms with E-state index in [4.69, 9.17) is 5.73 Å². The Hall–Kier alpha value is -1.39. The van der Waals surface area contributed by atoms with Crippen LogP contribution in [0.15, 0.2) is 24.3 Å². The SMILES string of the molecule is CCN(CCNCc1ccccc1C(N)=O)C1CC1. The van der Waals surface area contributed by atoms with Gasteiger partial charge in [-0.3, -0.25) is 9.69 Å². The number of nitrogens with two attached hydrogens (primary N) is 1. The van der Waals surface area contributed by atoms with Crippen molar-refractivity contribution in [2.45, 2.75) is 32.4 Å². The van der Waals surface area contributed by atoms with Crippen molar-refractivity contribution < 1.29 is 4.79 Å². The van der Waals surface area contributed by atoms with Gasteiger partial charge in [0.2, 0.25) is 5.91 Å². The number of carbonyl (C=O) groups is 1. The fourth-order valence-electron chi connectivity index (χ4n) is 2.40. The first-order valence-electron chi connectivity index (χ1n) is 7.05. The zero-order valence-corrected chi connectivity index (χ0v) is 11.6. The van der Waals surface area contributed by atoms with Crippen molar-refractivity contribution in [2.24, 2.45) is 5.73 Å². The van der Waals surface area contributed by atoms with E-state index in [0.717, 1.165) is 31.2 Å². The fourth-order valence-corrected chi connectivity index (χ4v) is 2.40. The van der Waals surface area contributed by atoms with E-state index in [1.807, 2.05) is 18.2 Å². The maximum Gasteiger partial charge on any atom is 0.249 e. The lowest BCUT2D eigenvalue weighted by atomic mass is 10.1. The molecule has 0 spiro atoms. The predicted molar refractivity (Wildman–Crippen MR) is 76.9 cm³/mol. The molecule has 19 heavy (non-hydrogen) atoms. The standard InChI is InChI=1S/C15H23N3O/c1-2-18(13-7-8-13)10-9-17-11-12-5-3-4-6-14(12)15(16)19/h3-6,13,17H,2,7-11H2,1H3,(H2,16,19). The van der Waals surface area contributed by atoms with Crippen LogP contribution in [-0.4, -0.2) is 36.5 Å². The summed E-state index contributed by atoms with van der Waals surface area (Å²) in [5.41, 5.74) is 6.95. The molecule has 4 nitrogen and oxygen atoms in total. The number of likely N-dealkylation sites (N-methyl/N-ethyl adjacent to an activating group) is 1. The summed E-state index contributed by atoms with van der Waals surface area (Å²) in [6.07, 6.45) is 2.69. The minimum absolute atomic E-state index is 0.356. The van der Waals surface area contributed by atoms with Crippen LogP contribution in [0.5, 0.6) is 0 Å². The third-order valence-electron chi connectivity index (χ3n) is 3.64. The lowest BCUT2D eigenvalue weighted by Gasteiger charge is -2.20. The van der Waals surface area contributed by atoms with Gasteiger partial charge < -0.3 is 11.1 Å². The number of rotatable bonds is 8. The van der Waals surface area contributed by atoms with Crippen LogP contribution >= 0.6 is 0 Å². The first kappa shape index (κ1) is 14.0. The van der Waals surface area contributed by atoms with Crippen molar-refractivity contribution in [3.63, 3.8) is 0 Å². The molecular weight excluding hydrogens is 238 g/mol. The van der Waals surface area contributed by atoms with Crippen LogP contribution in [0.1, 0.15) is 35.7 Å². The quantitative estimate of drug-likeness (QED) is 0.695. The van der Waals surface area contributed by atoms with E-state index in [9.17, 15) is 4.79 Å². The van der Waals surface area contributed by atoms with Gasteiger partial charge in [-0.2, -0.15) is 0 Å². The number of carbonyl (C=O) groups excluding carboxylic acids is 1. The molecule has 104 valence electrons. The van der Waals surface area contributed by atoms with Crippen LogP contribution in [0.2, 0.25) is 0 Å². The Kier molecular flexibility index (Phi) is 4.93. The number of nitrogens with zero attached hydrogens (tertiary/aromatic N) is 1. The average molecular weight is 261 g/mol. The largest absolute Gasteiger partial charge is 0.366 e. The highest BCUT2D eigenvalue weighted by molar-refractivity contribution is 5.94. The summed E-state index contributed by atoms with van der Waals surface area (Å²) in [6, 6.07) is 8.32. The molecule has 3 N–H and O–H groups in total. The molecule has 0 atom stereocenters. The molecule has 1 saturated carbocycles. The zero-order chi connectivity index (χ0) is 13.7. The van der Waals surface area contributed by atoms with Crippen molar-refractivity contribution in [2.75, 3.05) is 19.6 Å². The second-order valence-corrected chi connectivity index (χ2v) is 5.06. The summed E-state index contributed by atoms with van der Waals surface area (Å²) < 4.78 is 0. The van der Waals surface area contributed by atoms with E-state index in [1.54, 1.807) is 6.07 Å². The molecular formula is C15H23N3O. The summed E-state index contributed by atoms with van der Waals surface area (Å²) in [5, 5.41) is 3.39. The van der Waals surface area contributed by atoms with E-state index < -0.39 is 0 Å². The molecule has 1 fully saturated rings. The second kappa shape index (κ2) is 6.68. The molecule has 1 aromatic carbocycles. The minimum Gasteiger partial charge on any atom is -0.366 e. The highest BCUT2D eigenvalue weighted by Gasteiger charge is 2.26.